The molecule has 7 heteroatoms. The summed E-state index contributed by atoms with van der Waals surface area (Å²) in [5.41, 5.74) is 7.19. The number of fused-ring (bicyclic) bond motifs is 1. The van der Waals surface area contributed by atoms with Gasteiger partial charge in [-0.25, -0.2) is 4.79 Å². The predicted octanol–water partition coefficient (Wildman–Crippen LogP) is 7.60. The molecule has 0 aliphatic carbocycles. The summed E-state index contributed by atoms with van der Waals surface area (Å²) in [7, 11) is 0. The molecule has 0 aliphatic heterocycles. The average molecular weight is 561 g/mol. The molecule has 0 spiro atoms. The number of carbonyl (C=O) groups is 2. The minimum atomic E-state index is -1.05. The number of aromatic nitrogens is 1. The molecular weight excluding hydrogens is 524 g/mol. The molecule has 2 N–H and O–H groups in total. The molecule has 1 heterocycles. The maximum Gasteiger partial charge on any atom is 0.344 e. The number of benzene rings is 3. The number of ether oxygens (including phenoxy) is 1. The van der Waals surface area contributed by atoms with Crippen LogP contribution in [0, 0.1) is 13.8 Å². The molecule has 0 fully saturated rings. The third kappa shape index (κ3) is 6.18. The van der Waals surface area contributed by atoms with Gasteiger partial charge in [0.25, 0.3) is 5.91 Å². The molecule has 0 aliphatic rings. The van der Waals surface area contributed by atoms with Crippen LogP contribution in [0.25, 0.3) is 10.9 Å². The first kappa shape index (κ1) is 29.2. The minimum absolute atomic E-state index is 0.0810. The predicted molar refractivity (Wildman–Crippen MR) is 161 cm³/mol. The maximum atomic E-state index is 13.2. The maximum absolute atomic E-state index is 13.2. The number of nitrogens with one attached hydrogen (secondary N) is 1. The van der Waals surface area contributed by atoms with Crippen molar-refractivity contribution in [2.75, 3.05) is 0 Å². The lowest BCUT2D eigenvalue weighted by atomic mass is 9.86. The minimum Gasteiger partial charge on any atom is -0.479 e. The summed E-state index contributed by atoms with van der Waals surface area (Å²) in [6.07, 6.45) is -0.995. The molecule has 4 aromatic rings. The molecule has 1 amide bonds. The summed E-state index contributed by atoms with van der Waals surface area (Å²) < 4.78 is 7.64. The van der Waals surface area contributed by atoms with Crippen molar-refractivity contribution < 1.29 is 19.4 Å². The Morgan fingerprint density at radius 3 is 2.27 bits per heavy atom. The second-order valence-electron chi connectivity index (χ2n) is 11.5. The standard InChI is InChI=1S/C33H37ClN2O4/c1-19-21(3)36(18-23-8-15-30(28(34)16-23)40-22(4)32(38)39)29-14-11-25(17-27(19)29)31(37)35-20(2)24-9-12-26(13-10-24)33(5,6)7/h8-17,20,22H,18H2,1-7H3,(H,35,37)(H,38,39)/t20-,22?/m0/s1. The highest BCUT2D eigenvalue weighted by molar-refractivity contribution is 6.32. The van der Waals surface area contributed by atoms with Gasteiger partial charge in [-0.3, -0.25) is 4.79 Å². The number of carbonyl (C=O) groups excluding carboxylic acids is 1. The van der Waals surface area contributed by atoms with Crippen LogP contribution in [0.2, 0.25) is 5.02 Å². The van der Waals surface area contributed by atoms with Gasteiger partial charge in [-0.15, -0.1) is 0 Å². The number of rotatable bonds is 8. The molecule has 0 saturated heterocycles. The summed E-state index contributed by atoms with van der Waals surface area (Å²) in [4.78, 5) is 24.3. The Hall–Kier alpha value is -3.77. The van der Waals surface area contributed by atoms with Gasteiger partial charge in [-0.2, -0.15) is 0 Å². The molecule has 40 heavy (non-hydrogen) atoms. The van der Waals surface area contributed by atoms with Gasteiger partial charge in [0, 0.05) is 28.7 Å². The Labute approximate surface area is 240 Å². The smallest absolute Gasteiger partial charge is 0.344 e. The van der Waals surface area contributed by atoms with Gasteiger partial charge in [0.2, 0.25) is 0 Å². The van der Waals surface area contributed by atoms with Crippen molar-refractivity contribution in [3.8, 4) is 5.75 Å². The van der Waals surface area contributed by atoms with Crippen molar-refractivity contribution >= 4 is 34.4 Å². The number of nitrogens with zero attached hydrogens (tertiary/aromatic N) is 1. The Bertz CT molecular complexity index is 1560. The topological polar surface area (TPSA) is 80.6 Å². The van der Waals surface area contributed by atoms with E-state index < -0.39 is 12.1 Å². The van der Waals surface area contributed by atoms with Crippen LogP contribution in [0.3, 0.4) is 0 Å². The molecule has 3 aromatic carbocycles. The molecule has 0 radical (unpaired) electrons. The van der Waals surface area contributed by atoms with Gasteiger partial charge in [-0.05, 0) is 85.7 Å². The number of hydrogen-bond donors (Lipinski definition) is 2. The molecule has 1 unspecified atom stereocenters. The van der Waals surface area contributed by atoms with E-state index in [4.69, 9.17) is 21.4 Å². The van der Waals surface area contributed by atoms with Gasteiger partial charge in [-0.1, -0.05) is 62.7 Å². The second kappa shape index (κ2) is 11.4. The average Bonchev–Trinajstić information content (AvgIpc) is 3.13. The Morgan fingerprint density at radius 1 is 1.00 bits per heavy atom. The van der Waals surface area contributed by atoms with Crippen LogP contribution in [0.5, 0.6) is 5.75 Å². The van der Waals surface area contributed by atoms with Crippen molar-refractivity contribution in [3.05, 3.63) is 99.2 Å². The number of hydrogen-bond acceptors (Lipinski definition) is 3. The van der Waals surface area contributed by atoms with E-state index in [1.165, 1.54) is 12.5 Å². The Kier molecular flexibility index (Phi) is 8.31. The lowest BCUT2D eigenvalue weighted by Crippen LogP contribution is -2.26. The van der Waals surface area contributed by atoms with Gasteiger partial charge in [0.1, 0.15) is 5.75 Å². The quantitative estimate of drug-likeness (QED) is 0.232. The van der Waals surface area contributed by atoms with E-state index in [0.717, 1.165) is 33.3 Å². The van der Waals surface area contributed by atoms with Crippen molar-refractivity contribution in [1.29, 1.82) is 0 Å². The summed E-state index contributed by atoms with van der Waals surface area (Å²) >= 11 is 6.40. The van der Waals surface area contributed by atoms with Crippen LogP contribution >= 0.6 is 11.6 Å². The number of carboxylic acid groups (broad SMARTS) is 1. The van der Waals surface area contributed by atoms with Crippen molar-refractivity contribution in [2.45, 2.75) is 72.6 Å². The number of aliphatic carboxylic acids is 1. The van der Waals surface area contributed by atoms with E-state index in [1.807, 2.05) is 31.2 Å². The molecule has 2 atom stereocenters. The SMILES string of the molecule is Cc1c(C)n(Cc2ccc(OC(C)C(=O)O)c(Cl)c2)c2ccc(C(=O)N[C@@H](C)c3ccc(C(C)(C)C)cc3)cc12. The van der Waals surface area contributed by atoms with E-state index in [9.17, 15) is 9.59 Å². The van der Waals surface area contributed by atoms with Crippen LogP contribution < -0.4 is 10.1 Å². The van der Waals surface area contributed by atoms with E-state index in [-0.39, 0.29) is 17.4 Å². The zero-order chi connectivity index (χ0) is 29.4. The second-order valence-corrected chi connectivity index (χ2v) is 11.9. The molecule has 6 nitrogen and oxygen atoms in total. The number of carboxylic acids is 1. The van der Waals surface area contributed by atoms with Crippen LogP contribution in [0.1, 0.15) is 79.0 Å². The molecule has 1 aromatic heterocycles. The van der Waals surface area contributed by atoms with Crippen LogP contribution in [-0.2, 0) is 16.8 Å². The number of aryl methyl sites for hydroxylation is 1. The van der Waals surface area contributed by atoms with Crippen molar-refractivity contribution in [1.82, 2.24) is 9.88 Å². The van der Waals surface area contributed by atoms with E-state index in [1.54, 1.807) is 12.1 Å². The van der Waals surface area contributed by atoms with E-state index in [2.05, 4.69) is 68.8 Å². The highest BCUT2D eigenvalue weighted by atomic mass is 35.5. The Morgan fingerprint density at radius 2 is 1.68 bits per heavy atom. The largest absolute Gasteiger partial charge is 0.479 e. The molecule has 0 saturated carbocycles. The molecule has 0 bridgehead atoms. The normalized spacial score (nSPS) is 13.2. The van der Waals surface area contributed by atoms with Crippen molar-refractivity contribution in [2.24, 2.45) is 0 Å². The highest BCUT2D eigenvalue weighted by Gasteiger charge is 2.19. The van der Waals surface area contributed by atoms with Gasteiger partial charge in [0.15, 0.2) is 6.10 Å². The first-order chi connectivity index (χ1) is 18.8. The third-order valence-electron chi connectivity index (χ3n) is 7.51. The molecular formula is C33H37ClN2O4. The molecule has 210 valence electrons. The fourth-order valence-electron chi connectivity index (χ4n) is 4.79. The Balaban J connectivity index is 1.53. The fraction of sp³-hybridized carbons (Fsp3) is 0.333. The number of amides is 1. The first-order valence-electron chi connectivity index (χ1n) is 13.4. The zero-order valence-electron chi connectivity index (χ0n) is 24.1. The summed E-state index contributed by atoms with van der Waals surface area (Å²) in [5, 5.41) is 13.6. The lowest BCUT2D eigenvalue weighted by molar-refractivity contribution is -0.144. The lowest BCUT2D eigenvalue weighted by Gasteiger charge is -2.21. The van der Waals surface area contributed by atoms with Gasteiger partial charge in [0.05, 0.1) is 11.1 Å². The van der Waals surface area contributed by atoms with Crippen LogP contribution in [0.15, 0.2) is 60.7 Å². The monoisotopic (exact) mass is 560 g/mol. The zero-order valence-corrected chi connectivity index (χ0v) is 24.9. The van der Waals surface area contributed by atoms with Crippen molar-refractivity contribution in [3.63, 3.8) is 0 Å². The first-order valence-corrected chi connectivity index (χ1v) is 13.8. The van der Waals surface area contributed by atoms with Gasteiger partial charge >= 0.3 is 5.97 Å². The highest BCUT2D eigenvalue weighted by Crippen LogP contribution is 2.31. The van der Waals surface area contributed by atoms with Gasteiger partial charge < -0.3 is 19.7 Å². The molecule has 4 rings (SSSR count). The summed E-state index contributed by atoms with van der Waals surface area (Å²) in [6, 6.07) is 19.5. The fourth-order valence-corrected chi connectivity index (χ4v) is 5.04. The summed E-state index contributed by atoms with van der Waals surface area (Å²) in [6.45, 7) is 14.7. The summed E-state index contributed by atoms with van der Waals surface area (Å²) in [5.74, 6) is -0.833. The van der Waals surface area contributed by atoms with E-state index in [0.29, 0.717) is 22.9 Å². The van der Waals surface area contributed by atoms with Crippen LogP contribution in [0.4, 0.5) is 0 Å². The third-order valence-corrected chi connectivity index (χ3v) is 7.81. The number of halogens is 1. The van der Waals surface area contributed by atoms with E-state index >= 15 is 0 Å². The van der Waals surface area contributed by atoms with Crippen LogP contribution in [-0.4, -0.2) is 27.7 Å².